The Balaban J connectivity index is 2.58. The second-order valence-corrected chi connectivity index (χ2v) is 3.81. The van der Waals surface area contributed by atoms with Crippen LogP contribution in [0.3, 0.4) is 0 Å². The first-order valence-electron chi connectivity index (χ1n) is 4.17. The first-order chi connectivity index (χ1) is 5.99. The van der Waals surface area contributed by atoms with E-state index in [0.29, 0.717) is 12.1 Å². The van der Waals surface area contributed by atoms with Gasteiger partial charge in [0, 0.05) is 6.21 Å². The van der Waals surface area contributed by atoms with Gasteiger partial charge in [0.15, 0.2) is 0 Å². The molecular formula is C9H14N2O2. The quantitative estimate of drug-likeness (QED) is 0.611. The van der Waals surface area contributed by atoms with Gasteiger partial charge in [-0.3, -0.25) is 0 Å². The van der Waals surface area contributed by atoms with Crippen molar-refractivity contribution >= 4 is 12.2 Å². The number of carbonyl (C=O) groups is 1. The summed E-state index contributed by atoms with van der Waals surface area (Å²) in [5.41, 5.74) is 2.87. The number of allylic oxidation sites excluding steroid dienone is 1. The van der Waals surface area contributed by atoms with Gasteiger partial charge in [-0.1, -0.05) is 0 Å². The molecule has 0 aromatic heterocycles. The lowest BCUT2D eigenvalue weighted by Gasteiger charge is -2.20. The molecule has 0 fully saturated rings. The topological polar surface area (TPSA) is 50.7 Å². The first-order valence-corrected chi connectivity index (χ1v) is 4.17. The molecular weight excluding hydrogens is 168 g/mol. The third-order valence-corrected chi connectivity index (χ3v) is 1.37. The lowest BCUT2D eigenvalue weighted by Crippen LogP contribution is -2.28. The first kappa shape index (κ1) is 9.77. The molecule has 4 heteroatoms. The summed E-state index contributed by atoms with van der Waals surface area (Å²) in [6, 6.07) is 0. The molecule has 1 aliphatic heterocycles. The normalized spacial score (nSPS) is 16.1. The van der Waals surface area contributed by atoms with Gasteiger partial charge in [0.2, 0.25) is 0 Å². The van der Waals surface area contributed by atoms with E-state index in [1.54, 1.807) is 12.3 Å². The van der Waals surface area contributed by atoms with Crippen LogP contribution in [-0.4, -0.2) is 24.3 Å². The highest BCUT2D eigenvalue weighted by Gasteiger charge is 2.19. The van der Waals surface area contributed by atoms with Crippen LogP contribution in [0.25, 0.3) is 0 Å². The summed E-state index contributed by atoms with van der Waals surface area (Å²) in [4.78, 5) is 11.4. The molecule has 1 aliphatic rings. The summed E-state index contributed by atoms with van der Waals surface area (Å²) < 4.78 is 5.17. The minimum absolute atomic E-state index is 0.286. The zero-order valence-electron chi connectivity index (χ0n) is 8.13. The number of carbonyl (C=O) groups excluding carboxylic acids is 1. The fourth-order valence-corrected chi connectivity index (χ4v) is 0.854. The molecule has 1 rings (SSSR count). The van der Waals surface area contributed by atoms with Gasteiger partial charge in [0.25, 0.3) is 0 Å². The molecule has 0 amide bonds. The number of hydrogen-bond donors (Lipinski definition) is 1. The van der Waals surface area contributed by atoms with E-state index < -0.39 is 5.60 Å². The standard InChI is InChI=1S/C9H14N2O2/c1-9(2,3)13-8(12)7-4-5-10-11-6-7/h4-5,11H,6H2,1-3H3. The van der Waals surface area contributed by atoms with Crippen LogP contribution in [0, 0.1) is 0 Å². The molecule has 1 heterocycles. The van der Waals surface area contributed by atoms with E-state index in [4.69, 9.17) is 4.74 Å². The van der Waals surface area contributed by atoms with E-state index in [2.05, 4.69) is 10.5 Å². The molecule has 0 atom stereocenters. The van der Waals surface area contributed by atoms with Crippen molar-refractivity contribution in [2.45, 2.75) is 26.4 Å². The predicted molar refractivity (Wildman–Crippen MR) is 50.4 cm³/mol. The van der Waals surface area contributed by atoms with Crippen molar-refractivity contribution in [3.8, 4) is 0 Å². The molecule has 0 radical (unpaired) electrons. The van der Waals surface area contributed by atoms with E-state index in [9.17, 15) is 4.79 Å². The van der Waals surface area contributed by atoms with Crippen molar-refractivity contribution in [2.24, 2.45) is 5.10 Å². The highest BCUT2D eigenvalue weighted by molar-refractivity contribution is 5.94. The van der Waals surface area contributed by atoms with E-state index in [1.165, 1.54) is 0 Å². The van der Waals surface area contributed by atoms with Crippen LogP contribution in [0.1, 0.15) is 20.8 Å². The Kier molecular flexibility index (Phi) is 2.70. The van der Waals surface area contributed by atoms with Crippen LogP contribution < -0.4 is 5.43 Å². The maximum atomic E-state index is 11.4. The number of rotatable bonds is 1. The number of nitrogens with zero attached hydrogens (tertiary/aromatic N) is 1. The van der Waals surface area contributed by atoms with Gasteiger partial charge in [-0.2, -0.15) is 5.10 Å². The highest BCUT2D eigenvalue weighted by atomic mass is 16.6. The molecule has 0 saturated carbocycles. The molecule has 72 valence electrons. The Morgan fingerprint density at radius 2 is 2.31 bits per heavy atom. The Labute approximate surface area is 77.7 Å². The van der Waals surface area contributed by atoms with Crippen molar-refractivity contribution in [2.75, 3.05) is 6.54 Å². The van der Waals surface area contributed by atoms with Gasteiger partial charge in [-0.05, 0) is 26.8 Å². The molecule has 0 spiro atoms. The Hall–Kier alpha value is -1.32. The Morgan fingerprint density at radius 1 is 1.62 bits per heavy atom. The molecule has 0 saturated heterocycles. The summed E-state index contributed by atoms with van der Waals surface area (Å²) in [7, 11) is 0. The maximum absolute atomic E-state index is 11.4. The molecule has 0 bridgehead atoms. The molecule has 13 heavy (non-hydrogen) atoms. The number of ether oxygens (including phenoxy) is 1. The second kappa shape index (κ2) is 3.60. The maximum Gasteiger partial charge on any atom is 0.336 e. The monoisotopic (exact) mass is 182 g/mol. The third kappa shape index (κ3) is 3.27. The van der Waals surface area contributed by atoms with Crippen molar-refractivity contribution in [1.29, 1.82) is 0 Å². The second-order valence-electron chi connectivity index (χ2n) is 3.81. The number of nitrogens with one attached hydrogen (secondary N) is 1. The minimum Gasteiger partial charge on any atom is -0.457 e. The molecule has 0 aromatic carbocycles. The molecule has 0 unspecified atom stereocenters. The Bertz CT molecular complexity index is 261. The fraction of sp³-hybridized carbons (Fsp3) is 0.556. The van der Waals surface area contributed by atoms with Gasteiger partial charge >= 0.3 is 5.97 Å². The van der Waals surface area contributed by atoms with Crippen LogP contribution in [0.15, 0.2) is 16.8 Å². The van der Waals surface area contributed by atoms with Crippen molar-refractivity contribution in [1.82, 2.24) is 5.43 Å². The molecule has 0 aromatic rings. The van der Waals surface area contributed by atoms with Crippen LogP contribution in [0.5, 0.6) is 0 Å². The van der Waals surface area contributed by atoms with Gasteiger partial charge in [-0.25, -0.2) is 4.79 Å². The summed E-state index contributed by atoms with van der Waals surface area (Å²) >= 11 is 0. The fourth-order valence-electron chi connectivity index (χ4n) is 0.854. The SMILES string of the molecule is CC(C)(C)OC(=O)C1=CC=NNC1. The Morgan fingerprint density at radius 3 is 2.77 bits per heavy atom. The molecule has 0 aliphatic carbocycles. The number of hydrogen-bond acceptors (Lipinski definition) is 4. The van der Waals surface area contributed by atoms with Crippen LogP contribution in [0.2, 0.25) is 0 Å². The van der Waals surface area contributed by atoms with E-state index in [-0.39, 0.29) is 5.97 Å². The zero-order valence-corrected chi connectivity index (χ0v) is 8.13. The van der Waals surface area contributed by atoms with E-state index in [0.717, 1.165) is 0 Å². The lowest BCUT2D eigenvalue weighted by atomic mass is 10.2. The smallest absolute Gasteiger partial charge is 0.336 e. The number of esters is 1. The van der Waals surface area contributed by atoms with Crippen molar-refractivity contribution in [3.63, 3.8) is 0 Å². The lowest BCUT2D eigenvalue weighted by molar-refractivity contribution is -0.149. The number of hydrazone groups is 1. The van der Waals surface area contributed by atoms with Gasteiger partial charge in [0.1, 0.15) is 5.60 Å². The van der Waals surface area contributed by atoms with Gasteiger partial charge < -0.3 is 10.2 Å². The average Bonchev–Trinajstić information content (AvgIpc) is 2.03. The zero-order chi connectivity index (χ0) is 9.90. The minimum atomic E-state index is -0.438. The molecule has 4 nitrogen and oxygen atoms in total. The molecule has 1 N–H and O–H groups in total. The van der Waals surface area contributed by atoms with Gasteiger partial charge in [-0.15, -0.1) is 0 Å². The largest absolute Gasteiger partial charge is 0.457 e. The summed E-state index contributed by atoms with van der Waals surface area (Å²) in [6.07, 6.45) is 3.20. The predicted octanol–water partition coefficient (Wildman–Crippen LogP) is 0.843. The van der Waals surface area contributed by atoms with E-state index >= 15 is 0 Å². The third-order valence-electron chi connectivity index (χ3n) is 1.37. The van der Waals surface area contributed by atoms with Gasteiger partial charge in [0.05, 0.1) is 12.1 Å². The summed E-state index contributed by atoms with van der Waals surface area (Å²) in [5.74, 6) is -0.286. The highest BCUT2D eigenvalue weighted by Crippen LogP contribution is 2.10. The average molecular weight is 182 g/mol. The van der Waals surface area contributed by atoms with Crippen LogP contribution in [0.4, 0.5) is 0 Å². The van der Waals surface area contributed by atoms with Crippen molar-refractivity contribution < 1.29 is 9.53 Å². The summed E-state index contributed by atoms with van der Waals surface area (Å²) in [5, 5.41) is 3.75. The van der Waals surface area contributed by atoms with Crippen LogP contribution in [-0.2, 0) is 9.53 Å². The van der Waals surface area contributed by atoms with Crippen LogP contribution >= 0.6 is 0 Å². The van der Waals surface area contributed by atoms with Crippen molar-refractivity contribution in [3.05, 3.63) is 11.6 Å². The summed E-state index contributed by atoms with van der Waals surface area (Å²) in [6.45, 7) is 5.97. The van der Waals surface area contributed by atoms with E-state index in [1.807, 2.05) is 20.8 Å².